The highest BCUT2D eigenvalue weighted by atomic mass is 16.5. The third-order valence-electron chi connectivity index (χ3n) is 7.29. The van der Waals surface area contributed by atoms with Gasteiger partial charge in [-0.2, -0.15) is 5.10 Å². The van der Waals surface area contributed by atoms with E-state index in [1.807, 2.05) is 37.5 Å². The summed E-state index contributed by atoms with van der Waals surface area (Å²) in [6.07, 6.45) is 12.6. The van der Waals surface area contributed by atoms with Gasteiger partial charge in [-0.05, 0) is 96.1 Å². The third kappa shape index (κ3) is 6.96. The minimum absolute atomic E-state index is 0.157. The van der Waals surface area contributed by atoms with Crippen molar-refractivity contribution < 1.29 is 4.74 Å². The van der Waals surface area contributed by atoms with Crippen LogP contribution >= 0.6 is 0 Å². The first-order chi connectivity index (χ1) is 19.2. The summed E-state index contributed by atoms with van der Waals surface area (Å²) in [5.41, 5.74) is 8.43. The summed E-state index contributed by atoms with van der Waals surface area (Å²) in [7, 11) is 0. The van der Waals surface area contributed by atoms with Crippen molar-refractivity contribution in [2.75, 3.05) is 19.7 Å². The number of aromatic nitrogens is 3. The van der Waals surface area contributed by atoms with Crippen molar-refractivity contribution in [1.82, 2.24) is 24.4 Å². The molecule has 7 heteroatoms. The van der Waals surface area contributed by atoms with Crippen LogP contribution in [0, 0.1) is 19.3 Å². The minimum atomic E-state index is -0.157. The van der Waals surface area contributed by atoms with Crippen LogP contribution < -0.4 is 0 Å². The average molecular weight is 555 g/mol. The van der Waals surface area contributed by atoms with Crippen molar-refractivity contribution in [2.24, 2.45) is 10.4 Å². The summed E-state index contributed by atoms with van der Waals surface area (Å²) < 4.78 is 7.92. The van der Waals surface area contributed by atoms with E-state index in [0.717, 1.165) is 69.8 Å². The van der Waals surface area contributed by atoms with Crippen molar-refractivity contribution in [2.45, 2.75) is 73.8 Å². The van der Waals surface area contributed by atoms with E-state index < -0.39 is 0 Å². The van der Waals surface area contributed by atoms with E-state index in [1.165, 1.54) is 12.8 Å². The second kappa shape index (κ2) is 11.6. The molecule has 0 radical (unpaired) electrons. The fraction of sp³-hybridized carbons (Fsp3) is 0.441. The first-order valence-corrected chi connectivity index (χ1v) is 14.4. The largest absolute Gasteiger partial charge is 0.374 e. The van der Waals surface area contributed by atoms with Crippen LogP contribution in [0.5, 0.6) is 0 Å². The molecule has 7 nitrogen and oxygen atoms in total. The quantitative estimate of drug-likeness (QED) is 0.319. The SMILES string of the molecule is C=C(C)C1=C(c2cc(C)c3nc(C)cn3n2)N=C2C=CC(N(CCOC(C)(C)C)CC3(C)CC3)=CN2C1=C.C=CC. The number of amidine groups is 1. The van der Waals surface area contributed by atoms with Gasteiger partial charge in [-0.3, -0.25) is 4.90 Å². The molecule has 2 aromatic heterocycles. The van der Waals surface area contributed by atoms with Crippen LogP contribution in [-0.2, 0) is 4.74 Å². The Labute approximate surface area is 246 Å². The van der Waals surface area contributed by atoms with E-state index in [2.05, 4.69) is 87.5 Å². The van der Waals surface area contributed by atoms with Crippen molar-refractivity contribution in [3.05, 3.63) is 95.9 Å². The predicted octanol–water partition coefficient (Wildman–Crippen LogP) is 7.38. The Hall–Kier alpha value is -3.71. The number of hydrogen-bond donors (Lipinski definition) is 0. The molecule has 218 valence electrons. The van der Waals surface area contributed by atoms with Gasteiger partial charge in [0.2, 0.25) is 0 Å². The van der Waals surface area contributed by atoms with Gasteiger partial charge in [0.05, 0.1) is 29.8 Å². The molecule has 4 heterocycles. The van der Waals surface area contributed by atoms with Crippen LogP contribution in [-0.4, -0.2) is 55.5 Å². The zero-order valence-electron chi connectivity index (χ0n) is 26.2. The molecule has 0 spiro atoms. The summed E-state index contributed by atoms with van der Waals surface area (Å²) >= 11 is 0. The van der Waals surface area contributed by atoms with Crippen LogP contribution in [0.1, 0.15) is 71.3 Å². The molecular formula is C34H46N6O. The zero-order valence-corrected chi connectivity index (χ0v) is 26.2. The molecule has 0 aromatic carbocycles. The number of allylic oxidation sites excluding steroid dienone is 3. The molecule has 1 aliphatic carbocycles. The maximum Gasteiger partial charge on any atom is 0.156 e. The van der Waals surface area contributed by atoms with Crippen molar-refractivity contribution in [1.29, 1.82) is 0 Å². The number of hydrogen-bond acceptors (Lipinski definition) is 6. The lowest BCUT2D eigenvalue weighted by Crippen LogP contribution is -2.37. The maximum atomic E-state index is 6.09. The molecule has 5 rings (SSSR count). The number of aliphatic imine (C=N–C) groups is 1. The Morgan fingerprint density at radius 2 is 1.90 bits per heavy atom. The molecule has 3 aliphatic rings. The number of rotatable bonds is 8. The highest BCUT2D eigenvalue weighted by Gasteiger charge is 2.39. The predicted molar refractivity (Wildman–Crippen MR) is 170 cm³/mol. The number of imidazole rings is 1. The third-order valence-corrected chi connectivity index (χ3v) is 7.29. The van der Waals surface area contributed by atoms with Gasteiger partial charge < -0.3 is 9.64 Å². The minimum Gasteiger partial charge on any atom is -0.374 e. The van der Waals surface area contributed by atoms with Gasteiger partial charge in [0.15, 0.2) is 5.65 Å². The summed E-state index contributed by atoms with van der Waals surface area (Å²) in [6.45, 7) is 31.2. The van der Waals surface area contributed by atoms with Gasteiger partial charge in [-0.15, -0.1) is 6.58 Å². The van der Waals surface area contributed by atoms with Crippen LogP contribution in [0.15, 0.2) is 84.0 Å². The van der Waals surface area contributed by atoms with Gasteiger partial charge in [0.25, 0.3) is 0 Å². The standard InChI is InChI=1S/C31H40N6O.C3H6/c1-20(2)27-23(5)36-18-24(35(19-31(9)12-13-31)14-15-38-30(6,7)8)10-11-26(36)33-28(27)25-16-21(3)29-32-22(4)17-37(29)34-25;1-3-2/h10-11,16-18H,1,5,12-15,19H2,2-4,6-9H3;3H,1H2,2H3. The van der Waals surface area contributed by atoms with Crippen LogP contribution in [0.3, 0.4) is 0 Å². The normalized spacial score (nSPS) is 17.5. The second-order valence-corrected chi connectivity index (χ2v) is 12.6. The Morgan fingerprint density at radius 1 is 1.22 bits per heavy atom. The van der Waals surface area contributed by atoms with Crippen molar-refractivity contribution in [3.63, 3.8) is 0 Å². The number of fused-ring (bicyclic) bond motifs is 2. The first kappa shape index (κ1) is 30.3. The van der Waals surface area contributed by atoms with Gasteiger partial charge >= 0.3 is 0 Å². The second-order valence-electron chi connectivity index (χ2n) is 12.6. The van der Waals surface area contributed by atoms with E-state index >= 15 is 0 Å². The first-order valence-electron chi connectivity index (χ1n) is 14.4. The summed E-state index contributed by atoms with van der Waals surface area (Å²) in [5, 5.41) is 4.86. The topological polar surface area (TPSA) is 58.3 Å². The lowest BCUT2D eigenvalue weighted by molar-refractivity contribution is -0.0109. The van der Waals surface area contributed by atoms with Crippen molar-refractivity contribution >= 4 is 17.2 Å². The maximum absolute atomic E-state index is 6.09. The Bertz CT molecular complexity index is 1490. The molecule has 2 aromatic rings. The highest BCUT2D eigenvalue weighted by molar-refractivity contribution is 6.03. The molecule has 0 saturated heterocycles. The monoisotopic (exact) mass is 554 g/mol. The molecule has 41 heavy (non-hydrogen) atoms. The summed E-state index contributed by atoms with van der Waals surface area (Å²) in [4.78, 5) is 14.2. The van der Waals surface area contributed by atoms with E-state index in [4.69, 9.17) is 14.8 Å². The smallest absolute Gasteiger partial charge is 0.156 e. The molecule has 0 bridgehead atoms. The van der Waals surface area contributed by atoms with Crippen LogP contribution in [0.2, 0.25) is 0 Å². The van der Waals surface area contributed by atoms with Crippen LogP contribution in [0.4, 0.5) is 0 Å². The van der Waals surface area contributed by atoms with E-state index in [0.29, 0.717) is 12.0 Å². The molecule has 0 N–H and O–H groups in total. The lowest BCUT2D eigenvalue weighted by Gasteiger charge is -2.36. The number of nitrogens with zero attached hydrogens (tertiary/aromatic N) is 6. The lowest BCUT2D eigenvalue weighted by atomic mass is 9.98. The fourth-order valence-electron chi connectivity index (χ4n) is 4.99. The fourth-order valence-corrected chi connectivity index (χ4v) is 4.99. The average Bonchev–Trinajstić information content (AvgIpc) is 3.47. The van der Waals surface area contributed by atoms with E-state index in [1.54, 1.807) is 6.08 Å². The summed E-state index contributed by atoms with van der Waals surface area (Å²) in [6, 6.07) is 2.05. The Morgan fingerprint density at radius 3 is 2.51 bits per heavy atom. The van der Waals surface area contributed by atoms with Crippen LogP contribution in [0.25, 0.3) is 11.3 Å². The van der Waals surface area contributed by atoms with E-state index in [-0.39, 0.29) is 5.60 Å². The molecule has 1 fully saturated rings. The number of ether oxygens (including phenoxy) is 1. The van der Waals surface area contributed by atoms with Crippen molar-refractivity contribution in [3.8, 4) is 0 Å². The Balaban J connectivity index is 0.00000124. The molecule has 2 aliphatic heterocycles. The molecular weight excluding hydrogens is 508 g/mol. The zero-order chi connectivity index (χ0) is 30.1. The van der Waals surface area contributed by atoms with Gasteiger partial charge in [0.1, 0.15) is 17.2 Å². The van der Waals surface area contributed by atoms with Gasteiger partial charge in [0, 0.05) is 30.6 Å². The van der Waals surface area contributed by atoms with Gasteiger partial charge in [-0.25, -0.2) is 14.5 Å². The molecule has 0 unspecified atom stereocenters. The van der Waals surface area contributed by atoms with Gasteiger partial charge in [-0.1, -0.05) is 26.2 Å². The molecule has 1 saturated carbocycles. The number of aryl methyl sites for hydroxylation is 2. The molecule has 0 atom stereocenters. The summed E-state index contributed by atoms with van der Waals surface area (Å²) in [5.74, 6) is 0.823. The molecule has 0 amide bonds. The highest BCUT2D eigenvalue weighted by Crippen LogP contribution is 2.46. The van der Waals surface area contributed by atoms with E-state index in [9.17, 15) is 0 Å². The Kier molecular flexibility index (Phi) is 8.59.